The van der Waals surface area contributed by atoms with Gasteiger partial charge in [-0.25, -0.2) is 4.79 Å². The predicted molar refractivity (Wildman–Crippen MR) is 113 cm³/mol. The van der Waals surface area contributed by atoms with Gasteiger partial charge < -0.3 is 24.3 Å². The standard InChI is InChI=1S/C23H25N3O3/c1-3-29-18-12-10-17(11-13-18)22-20-8-6-14-25(20)15-16-26(22)23(27)24-19-7-4-5-9-21(19)28-2/h4-14,22H,3,15-16H2,1-2H3,(H,24,27). The second kappa shape index (κ2) is 8.31. The summed E-state index contributed by atoms with van der Waals surface area (Å²) in [5.74, 6) is 1.46. The van der Waals surface area contributed by atoms with E-state index in [0.29, 0.717) is 24.6 Å². The van der Waals surface area contributed by atoms with Gasteiger partial charge in [-0.1, -0.05) is 24.3 Å². The number of nitrogens with one attached hydrogen (secondary N) is 1. The van der Waals surface area contributed by atoms with Crippen molar-refractivity contribution in [3.8, 4) is 11.5 Å². The van der Waals surface area contributed by atoms with Crippen LogP contribution in [0.5, 0.6) is 11.5 Å². The number of carbonyl (C=O) groups is 1. The molecule has 1 N–H and O–H groups in total. The molecule has 1 aliphatic rings. The second-order valence-electron chi connectivity index (χ2n) is 6.85. The van der Waals surface area contributed by atoms with Crippen LogP contribution < -0.4 is 14.8 Å². The van der Waals surface area contributed by atoms with E-state index in [4.69, 9.17) is 9.47 Å². The monoisotopic (exact) mass is 391 g/mol. The molecule has 1 atom stereocenters. The van der Waals surface area contributed by atoms with E-state index in [1.165, 1.54) is 0 Å². The van der Waals surface area contributed by atoms with Gasteiger partial charge in [0.1, 0.15) is 11.5 Å². The second-order valence-corrected chi connectivity index (χ2v) is 6.85. The minimum absolute atomic E-state index is 0.152. The number of hydrogen-bond donors (Lipinski definition) is 1. The zero-order chi connectivity index (χ0) is 20.2. The Balaban J connectivity index is 1.65. The number of para-hydroxylation sites is 2. The van der Waals surface area contributed by atoms with Gasteiger partial charge in [0, 0.05) is 25.0 Å². The Morgan fingerprint density at radius 1 is 1.07 bits per heavy atom. The summed E-state index contributed by atoms with van der Waals surface area (Å²) in [4.78, 5) is 15.1. The SMILES string of the molecule is CCOc1ccc(C2c3cccn3CCN2C(=O)Nc2ccccc2OC)cc1. The molecule has 6 nitrogen and oxygen atoms in total. The number of fused-ring (bicyclic) bond motifs is 1. The van der Waals surface area contributed by atoms with Gasteiger partial charge in [-0.05, 0) is 48.9 Å². The molecule has 0 aliphatic carbocycles. The fourth-order valence-electron chi connectivity index (χ4n) is 3.80. The van der Waals surface area contributed by atoms with Gasteiger partial charge in [0.25, 0.3) is 0 Å². The summed E-state index contributed by atoms with van der Waals surface area (Å²) >= 11 is 0. The Labute approximate surface area is 170 Å². The third-order valence-corrected chi connectivity index (χ3v) is 5.15. The van der Waals surface area contributed by atoms with Crippen LogP contribution in [0.4, 0.5) is 10.5 Å². The maximum absolute atomic E-state index is 13.2. The number of anilines is 1. The molecule has 29 heavy (non-hydrogen) atoms. The summed E-state index contributed by atoms with van der Waals surface area (Å²) in [7, 11) is 1.60. The summed E-state index contributed by atoms with van der Waals surface area (Å²) < 4.78 is 13.1. The van der Waals surface area contributed by atoms with Crippen molar-refractivity contribution >= 4 is 11.7 Å². The Bertz CT molecular complexity index is 981. The first kappa shape index (κ1) is 18.9. The average Bonchev–Trinajstić information content (AvgIpc) is 3.23. The fraction of sp³-hybridized carbons (Fsp3) is 0.261. The van der Waals surface area contributed by atoms with Crippen LogP contribution in [0.2, 0.25) is 0 Å². The summed E-state index contributed by atoms with van der Waals surface area (Å²) in [6.07, 6.45) is 2.06. The van der Waals surface area contributed by atoms with Crippen molar-refractivity contribution in [2.24, 2.45) is 0 Å². The summed E-state index contributed by atoms with van der Waals surface area (Å²) in [5.41, 5.74) is 2.80. The van der Waals surface area contributed by atoms with Gasteiger partial charge >= 0.3 is 6.03 Å². The Kier molecular flexibility index (Phi) is 5.42. The first-order valence-corrected chi connectivity index (χ1v) is 9.79. The minimum atomic E-state index is -0.177. The molecule has 3 aromatic rings. The molecule has 0 radical (unpaired) electrons. The van der Waals surface area contributed by atoms with E-state index >= 15 is 0 Å². The Morgan fingerprint density at radius 2 is 1.86 bits per heavy atom. The maximum Gasteiger partial charge on any atom is 0.322 e. The van der Waals surface area contributed by atoms with Gasteiger partial charge in [-0.2, -0.15) is 0 Å². The van der Waals surface area contributed by atoms with Crippen LogP contribution in [0.25, 0.3) is 0 Å². The third kappa shape index (κ3) is 3.78. The van der Waals surface area contributed by atoms with Crippen molar-refractivity contribution in [3.63, 3.8) is 0 Å². The highest BCUT2D eigenvalue weighted by atomic mass is 16.5. The lowest BCUT2D eigenvalue weighted by atomic mass is 10.00. The normalized spacial score (nSPS) is 15.5. The first-order chi connectivity index (χ1) is 14.2. The van der Waals surface area contributed by atoms with Crippen molar-refractivity contribution in [1.82, 2.24) is 9.47 Å². The quantitative estimate of drug-likeness (QED) is 0.695. The molecule has 2 amide bonds. The number of urea groups is 1. The van der Waals surface area contributed by atoms with E-state index in [9.17, 15) is 4.79 Å². The summed E-state index contributed by atoms with van der Waals surface area (Å²) in [6, 6.07) is 19.2. The molecule has 4 rings (SSSR count). The molecule has 0 saturated heterocycles. The lowest BCUT2D eigenvalue weighted by Crippen LogP contribution is -2.44. The van der Waals surface area contributed by atoms with Gasteiger partial charge in [-0.3, -0.25) is 0 Å². The number of hydrogen-bond acceptors (Lipinski definition) is 3. The van der Waals surface area contributed by atoms with Gasteiger partial charge in [0.2, 0.25) is 0 Å². The van der Waals surface area contributed by atoms with Crippen LogP contribution in [-0.2, 0) is 6.54 Å². The zero-order valence-electron chi connectivity index (χ0n) is 16.7. The number of benzene rings is 2. The van der Waals surface area contributed by atoms with Crippen molar-refractivity contribution in [2.45, 2.75) is 19.5 Å². The maximum atomic E-state index is 13.2. The molecule has 1 aromatic heterocycles. The molecule has 0 saturated carbocycles. The van der Waals surface area contributed by atoms with E-state index in [0.717, 1.165) is 23.6 Å². The first-order valence-electron chi connectivity index (χ1n) is 9.79. The van der Waals surface area contributed by atoms with Crippen LogP contribution >= 0.6 is 0 Å². The van der Waals surface area contributed by atoms with Crippen LogP contribution in [-0.4, -0.2) is 35.8 Å². The van der Waals surface area contributed by atoms with Crippen LogP contribution in [0.1, 0.15) is 24.2 Å². The number of methoxy groups -OCH3 is 1. The highest BCUT2D eigenvalue weighted by molar-refractivity contribution is 5.91. The largest absolute Gasteiger partial charge is 0.495 e. The van der Waals surface area contributed by atoms with Crippen molar-refractivity contribution in [1.29, 1.82) is 0 Å². The number of nitrogens with zero attached hydrogens (tertiary/aromatic N) is 2. The lowest BCUT2D eigenvalue weighted by molar-refractivity contribution is 0.181. The molecule has 2 aromatic carbocycles. The van der Waals surface area contributed by atoms with E-state index in [1.54, 1.807) is 7.11 Å². The van der Waals surface area contributed by atoms with Gasteiger partial charge in [0.15, 0.2) is 0 Å². The number of ether oxygens (including phenoxy) is 2. The molecular weight excluding hydrogens is 366 g/mol. The molecule has 150 valence electrons. The summed E-state index contributed by atoms with van der Waals surface area (Å²) in [6.45, 7) is 3.96. The van der Waals surface area contributed by atoms with Crippen LogP contribution in [0.15, 0.2) is 66.9 Å². The van der Waals surface area contributed by atoms with Crippen molar-refractivity contribution in [2.75, 3.05) is 25.6 Å². The molecule has 0 bridgehead atoms. The fourth-order valence-corrected chi connectivity index (χ4v) is 3.80. The Hall–Kier alpha value is -3.41. The molecular formula is C23H25N3O3. The molecule has 1 unspecified atom stereocenters. The summed E-state index contributed by atoms with van der Waals surface area (Å²) in [5, 5.41) is 3.01. The van der Waals surface area contributed by atoms with Crippen molar-refractivity contribution in [3.05, 3.63) is 78.1 Å². The Morgan fingerprint density at radius 3 is 2.62 bits per heavy atom. The zero-order valence-corrected chi connectivity index (χ0v) is 16.7. The smallest absolute Gasteiger partial charge is 0.322 e. The molecule has 6 heteroatoms. The number of carbonyl (C=O) groups excluding carboxylic acids is 1. The number of aromatic nitrogens is 1. The van der Waals surface area contributed by atoms with Crippen molar-refractivity contribution < 1.29 is 14.3 Å². The van der Waals surface area contributed by atoms with Gasteiger partial charge in [-0.15, -0.1) is 0 Å². The topological polar surface area (TPSA) is 55.7 Å². The highest BCUT2D eigenvalue weighted by Gasteiger charge is 2.32. The molecule has 0 spiro atoms. The minimum Gasteiger partial charge on any atom is -0.495 e. The van der Waals surface area contributed by atoms with E-state index in [1.807, 2.05) is 66.4 Å². The molecule has 0 fully saturated rings. The van der Waals surface area contributed by atoms with E-state index in [2.05, 4.69) is 22.1 Å². The average molecular weight is 391 g/mol. The number of rotatable bonds is 5. The third-order valence-electron chi connectivity index (χ3n) is 5.15. The van der Waals surface area contributed by atoms with E-state index < -0.39 is 0 Å². The predicted octanol–water partition coefficient (Wildman–Crippen LogP) is 4.53. The molecule has 1 aliphatic heterocycles. The van der Waals surface area contributed by atoms with Gasteiger partial charge in [0.05, 0.1) is 25.4 Å². The van der Waals surface area contributed by atoms with Crippen LogP contribution in [0.3, 0.4) is 0 Å². The van der Waals surface area contributed by atoms with Crippen LogP contribution in [0, 0.1) is 0 Å². The lowest BCUT2D eigenvalue weighted by Gasteiger charge is -2.37. The van der Waals surface area contributed by atoms with E-state index in [-0.39, 0.29) is 12.1 Å². The molecule has 2 heterocycles. The highest BCUT2D eigenvalue weighted by Crippen LogP contribution is 2.34. The number of amides is 2.